The lowest BCUT2D eigenvalue weighted by Crippen LogP contribution is -2.47. The van der Waals surface area contributed by atoms with E-state index in [4.69, 9.17) is 14.0 Å². The lowest BCUT2D eigenvalue weighted by Gasteiger charge is -2.34. The highest BCUT2D eigenvalue weighted by Gasteiger charge is 2.35. The average Bonchev–Trinajstić information content (AvgIpc) is 2.95. The number of hydrogen-bond donors (Lipinski definition) is 1. The van der Waals surface area contributed by atoms with Gasteiger partial charge in [-0.25, -0.2) is 0 Å². The van der Waals surface area contributed by atoms with Crippen LogP contribution in [0.25, 0.3) is 0 Å². The van der Waals surface area contributed by atoms with Gasteiger partial charge in [0.1, 0.15) is 5.69 Å². The Balaban J connectivity index is 2.23. The molecular weight excluding hydrogens is 306 g/mol. The monoisotopic (exact) mass is 330 g/mol. The summed E-state index contributed by atoms with van der Waals surface area (Å²) in [6, 6.07) is 5.87. The highest BCUT2D eigenvalue weighted by molar-refractivity contribution is 7.85. The number of likely N-dealkylation sites (tertiary alicyclic amines) is 1. The summed E-state index contributed by atoms with van der Waals surface area (Å²) in [5.41, 5.74) is 1.10. The molecule has 0 radical (unpaired) electrons. The Bertz CT molecular complexity index is 608. The molecule has 0 unspecified atom stereocenters. The van der Waals surface area contributed by atoms with Crippen molar-refractivity contribution in [3.05, 3.63) is 18.2 Å². The fourth-order valence-corrected chi connectivity index (χ4v) is 3.72. The summed E-state index contributed by atoms with van der Waals surface area (Å²) in [5, 5.41) is 0. The Hall–Kier alpha value is -1.31. The van der Waals surface area contributed by atoms with Gasteiger partial charge >= 0.3 is 0 Å². The van der Waals surface area contributed by atoms with Crippen LogP contribution in [0.3, 0.4) is 0 Å². The second-order valence-corrected chi connectivity index (χ2v) is 7.27. The molecule has 1 aromatic carbocycles. The summed E-state index contributed by atoms with van der Waals surface area (Å²) in [6.45, 7) is 2.64. The standard InChI is InChI=1S/C15H23NO5S/c1-20-14-7-6-13(12-15(14)21-2)16(8-3-4-9-16)10-5-11-22(17,18)19/h6-7,12H,3-5,8-11H2,1-2H3/p+1. The quantitative estimate of drug-likeness (QED) is 0.612. The zero-order chi connectivity index (χ0) is 16.2. The van der Waals surface area contributed by atoms with Gasteiger partial charge in [0.05, 0.1) is 39.6 Å². The zero-order valence-electron chi connectivity index (χ0n) is 13.1. The van der Waals surface area contributed by atoms with Crippen LogP contribution in [0.15, 0.2) is 18.2 Å². The SMILES string of the molecule is COc1ccc([N+]2(CCCS(=O)(=O)O)CCCC2)cc1OC. The third-order valence-electron chi connectivity index (χ3n) is 4.33. The Morgan fingerprint density at radius 1 is 1.14 bits per heavy atom. The largest absolute Gasteiger partial charge is 0.493 e. The molecule has 1 saturated heterocycles. The van der Waals surface area contributed by atoms with Gasteiger partial charge in [0.2, 0.25) is 0 Å². The molecule has 1 heterocycles. The molecule has 1 fully saturated rings. The Morgan fingerprint density at radius 2 is 1.77 bits per heavy atom. The number of hydrogen-bond acceptors (Lipinski definition) is 4. The van der Waals surface area contributed by atoms with E-state index in [1.807, 2.05) is 18.2 Å². The first-order valence-corrected chi connectivity index (χ1v) is 9.05. The summed E-state index contributed by atoms with van der Waals surface area (Å²) in [7, 11) is -0.696. The van der Waals surface area contributed by atoms with Crippen LogP contribution in [0, 0.1) is 0 Å². The topological polar surface area (TPSA) is 72.8 Å². The third-order valence-corrected chi connectivity index (χ3v) is 5.13. The van der Waals surface area contributed by atoms with Gasteiger partial charge in [-0.1, -0.05) is 0 Å². The van der Waals surface area contributed by atoms with Gasteiger partial charge in [0, 0.05) is 31.4 Å². The van der Waals surface area contributed by atoms with Crippen molar-refractivity contribution in [2.24, 2.45) is 0 Å². The van der Waals surface area contributed by atoms with E-state index in [1.165, 1.54) is 0 Å². The predicted molar refractivity (Wildman–Crippen MR) is 86.2 cm³/mol. The van der Waals surface area contributed by atoms with Crippen molar-refractivity contribution < 1.29 is 22.4 Å². The number of quaternary nitrogens is 1. The highest BCUT2D eigenvalue weighted by atomic mass is 32.2. The highest BCUT2D eigenvalue weighted by Crippen LogP contribution is 2.37. The van der Waals surface area contributed by atoms with Crippen LogP contribution in [0.5, 0.6) is 11.5 Å². The molecule has 1 aliphatic rings. The Kier molecular flexibility index (Phi) is 5.31. The van der Waals surface area contributed by atoms with Crippen LogP contribution in [0.4, 0.5) is 5.69 Å². The first-order valence-electron chi connectivity index (χ1n) is 7.44. The maximum Gasteiger partial charge on any atom is 0.265 e. The smallest absolute Gasteiger partial charge is 0.265 e. The molecule has 1 N–H and O–H groups in total. The molecule has 1 aromatic rings. The van der Waals surface area contributed by atoms with Gasteiger partial charge in [-0.15, -0.1) is 0 Å². The summed E-state index contributed by atoms with van der Waals surface area (Å²) < 4.78 is 42.2. The van der Waals surface area contributed by atoms with Crippen LogP contribution in [-0.2, 0) is 10.1 Å². The van der Waals surface area contributed by atoms with Crippen molar-refractivity contribution in [2.75, 3.05) is 39.6 Å². The molecule has 7 heteroatoms. The maximum absolute atomic E-state index is 10.9. The van der Waals surface area contributed by atoms with E-state index in [9.17, 15) is 8.42 Å². The molecular formula is C15H24NO5S+. The van der Waals surface area contributed by atoms with E-state index in [-0.39, 0.29) is 5.75 Å². The van der Waals surface area contributed by atoms with Gasteiger partial charge in [0.15, 0.2) is 11.5 Å². The molecule has 0 atom stereocenters. The lowest BCUT2D eigenvalue weighted by atomic mass is 10.2. The van der Waals surface area contributed by atoms with E-state index in [1.54, 1.807) is 14.2 Å². The lowest BCUT2D eigenvalue weighted by molar-refractivity contribution is 0.325. The van der Waals surface area contributed by atoms with Gasteiger partial charge in [-0.05, 0) is 6.07 Å². The average molecular weight is 330 g/mol. The van der Waals surface area contributed by atoms with Crippen molar-refractivity contribution in [1.82, 2.24) is 4.48 Å². The molecule has 0 bridgehead atoms. The normalized spacial score (nSPS) is 17.4. The minimum atomic E-state index is -3.90. The van der Waals surface area contributed by atoms with Gasteiger partial charge in [-0.2, -0.15) is 8.42 Å². The zero-order valence-corrected chi connectivity index (χ0v) is 13.9. The van der Waals surface area contributed by atoms with Crippen LogP contribution in [0.2, 0.25) is 0 Å². The summed E-state index contributed by atoms with van der Waals surface area (Å²) in [5.74, 6) is 1.17. The molecule has 0 aromatic heterocycles. The molecule has 0 amide bonds. The van der Waals surface area contributed by atoms with Crippen LogP contribution >= 0.6 is 0 Å². The summed E-state index contributed by atoms with van der Waals surface area (Å²) >= 11 is 0. The van der Waals surface area contributed by atoms with Crippen molar-refractivity contribution in [3.8, 4) is 11.5 Å². The third kappa shape index (κ3) is 3.91. The van der Waals surface area contributed by atoms with Crippen molar-refractivity contribution in [2.45, 2.75) is 19.3 Å². The van der Waals surface area contributed by atoms with Gasteiger partial charge in [-0.3, -0.25) is 9.04 Å². The minimum absolute atomic E-state index is 0.194. The van der Waals surface area contributed by atoms with Crippen LogP contribution < -0.4 is 14.0 Å². The van der Waals surface area contributed by atoms with Crippen molar-refractivity contribution >= 4 is 15.8 Å². The summed E-state index contributed by atoms with van der Waals surface area (Å²) in [4.78, 5) is 0. The molecule has 6 nitrogen and oxygen atoms in total. The molecule has 124 valence electrons. The van der Waals surface area contributed by atoms with E-state index in [0.717, 1.165) is 36.1 Å². The first-order chi connectivity index (χ1) is 10.4. The van der Waals surface area contributed by atoms with E-state index < -0.39 is 10.1 Å². The molecule has 1 aliphatic heterocycles. The molecule has 2 rings (SSSR count). The van der Waals surface area contributed by atoms with Gasteiger partial charge < -0.3 is 9.47 Å². The molecule has 0 aliphatic carbocycles. The maximum atomic E-state index is 10.9. The van der Waals surface area contributed by atoms with E-state index in [2.05, 4.69) is 0 Å². The number of nitrogens with zero attached hydrogens (tertiary/aromatic N) is 1. The van der Waals surface area contributed by atoms with E-state index >= 15 is 0 Å². The molecule has 0 saturated carbocycles. The van der Waals surface area contributed by atoms with Gasteiger partial charge in [0.25, 0.3) is 10.1 Å². The van der Waals surface area contributed by atoms with E-state index in [0.29, 0.717) is 24.5 Å². The minimum Gasteiger partial charge on any atom is -0.493 e. The fraction of sp³-hybridized carbons (Fsp3) is 0.600. The number of rotatable bonds is 7. The Morgan fingerprint density at radius 3 is 2.32 bits per heavy atom. The van der Waals surface area contributed by atoms with Crippen molar-refractivity contribution in [1.29, 1.82) is 0 Å². The number of methoxy groups -OCH3 is 2. The second kappa shape index (κ2) is 6.85. The molecule has 0 spiro atoms. The summed E-state index contributed by atoms with van der Waals surface area (Å²) in [6.07, 6.45) is 2.66. The van der Waals surface area contributed by atoms with Crippen LogP contribution in [0.1, 0.15) is 19.3 Å². The fourth-order valence-electron chi connectivity index (χ4n) is 3.22. The predicted octanol–water partition coefficient (Wildman–Crippen LogP) is 2.08. The number of benzene rings is 1. The van der Waals surface area contributed by atoms with Crippen molar-refractivity contribution in [3.63, 3.8) is 0 Å². The second-order valence-electron chi connectivity index (χ2n) is 5.70. The number of ether oxygens (including phenoxy) is 2. The first kappa shape index (κ1) is 17.1. The Labute approximate surface area is 132 Å². The van der Waals surface area contributed by atoms with Crippen LogP contribution in [-0.4, -0.2) is 52.6 Å². The molecule has 22 heavy (non-hydrogen) atoms.